The van der Waals surface area contributed by atoms with Crippen molar-refractivity contribution in [1.29, 1.82) is 0 Å². The number of aryl methyl sites for hydroxylation is 1. The molecule has 2 N–H and O–H groups in total. The Bertz CT molecular complexity index is 536. The molecule has 0 radical (unpaired) electrons. The van der Waals surface area contributed by atoms with Crippen molar-refractivity contribution in [3.8, 4) is 0 Å². The number of carbonyl (C=O) groups excluding carboxylic acids is 1. The molecule has 0 aromatic heterocycles. The lowest BCUT2D eigenvalue weighted by atomic mass is 9.94. The Morgan fingerprint density at radius 1 is 1.29 bits per heavy atom. The molecular weight excluding hydrogens is 300 g/mol. The van der Waals surface area contributed by atoms with Gasteiger partial charge in [0.2, 0.25) is 0 Å². The SMILES string of the molecule is Cc1ccc(N2CCCC2)c(C(=O)NCC(CCO)CC(C)C)c1. The summed E-state index contributed by atoms with van der Waals surface area (Å²) >= 11 is 0. The molecule has 4 heteroatoms. The van der Waals surface area contributed by atoms with Crippen LogP contribution in [0.25, 0.3) is 0 Å². The van der Waals surface area contributed by atoms with Gasteiger partial charge in [-0.3, -0.25) is 4.79 Å². The average Bonchev–Trinajstić information content (AvgIpc) is 3.06. The topological polar surface area (TPSA) is 52.6 Å². The molecule has 1 aliphatic heterocycles. The van der Waals surface area contributed by atoms with Crippen LogP contribution in [0, 0.1) is 18.8 Å². The van der Waals surface area contributed by atoms with E-state index in [0.717, 1.165) is 42.7 Å². The number of benzene rings is 1. The molecule has 0 bridgehead atoms. The third kappa shape index (κ3) is 5.23. The third-order valence-corrected chi connectivity index (χ3v) is 4.74. The van der Waals surface area contributed by atoms with Crippen LogP contribution in [-0.2, 0) is 0 Å². The zero-order chi connectivity index (χ0) is 17.5. The maximum absolute atomic E-state index is 12.8. The molecule has 2 rings (SSSR count). The van der Waals surface area contributed by atoms with Crippen LogP contribution in [-0.4, -0.2) is 37.3 Å². The fraction of sp³-hybridized carbons (Fsp3) is 0.650. The van der Waals surface area contributed by atoms with Gasteiger partial charge < -0.3 is 15.3 Å². The van der Waals surface area contributed by atoms with Gasteiger partial charge in [-0.25, -0.2) is 0 Å². The number of carbonyl (C=O) groups is 1. The van der Waals surface area contributed by atoms with Crippen LogP contribution < -0.4 is 10.2 Å². The van der Waals surface area contributed by atoms with Crippen molar-refractivity contribution >= 4 is 11.6 Å². The highest BCUT2D eigenvalue weighted by atomic mass is 16.3. The molecule has 134 valence electrons. The standard InChI is InChI=1S/C20H32N2O2/c1-15(2)12-17(8-11-23)14-21-20(24)18-13-16(3)6-7-19(18)22-9-4-5-10-22/h6-7,13,15,17,23H,4-5,8-12,14H2,1-3H3,(H,21,24). The van der Waals surface area contributed by atoms with Gasteiger partial charge in [0.05, 0.1) is 5.56 Å². The summed E-state index contributed by atoms with van der Waals surface area (Å²) in [5.74, 6) is 0.906. The number of amides is 1. The third-order valence-electron chi connectivity index (χ3n) is 4.74. The van der Waals surface area contributed by atoms with Crippen LogP contribution >= 0.6 is 0 Å². The zero-order valence-electron chi connectivity index (χ0n) is 15.3. The summed E-state index contributed by atoms with van der Waals surface area (Å²) in [5, 5.41) is 12.3. The molecule has 1 amide bonds. The number of aliphatic hydroxyl groups is 1. The highest BCUT2D eigenvalue weighted by molar-refractivity contribution is 6.00. The molecule has 1 saturated heterocycles. The normalized spacial score (nSPS) is 15.8. The minimum absolute atomic E-state index is 0.00676. The lowest BCUT2D eigenvalue weighted by molar-refractivity contribution is 0.0942. The van der Waals surface area contributed by atoms with Crippen molar-refractivity contribution in [2.75, 3.05) is 31.1 Å². The molecule has 24 heavy (non-hydrogen) atoms. The van der Waals surface area contributed by atoms with E-state index in [1.54, 1.807) is 0 Å². The number of nitrogens with zero attached hydrogens (tertiary/aromatic N) is 1. The number of rotatable bonds is 8. The largest absolute Gasteiger partial charge is 0.396 e. The van der Waals surface area contributed by atoms with Crippen molar-refractivity contribution in [3.05, 3.63) is 29.3 Å². The lowest BCUT2D eigenvalue weighted by Crippen LogP contribution is -2.32. The van der Waals surface area contributed by atoms with E-state index in [1.807, 2.05) is 13.0 Å². The van der Waals surface area contributed by atoms with Crippen LogP contribution in [0.3, 0.4) is 0 Å². The van der Waals surface area contributed by atoms with E-state index < -0.39 is 0 Å². The van der Waals surface area contributed by atoms with Gasteiger partial charge >= 0.3 is 0 Å². The first-order valence-corrected chi connectivity index (χ1v) is 9.26. The highest BCUT2D eigenvalue weighted by Gasteiger charge is 2.20. The Morgan fingerprint density at radius 3 is 2.62 bits per heavy atom. The minimum Gasteiger partial charge on any atom is -0.396 e. The van der Waals surface area contributed by atoms with Gasteiger partial charge in [0.25, 0.3) is 5.91 Å². The number of hydrogen-bond acceptors (Lipinski definition) is 3. The lowest BCUT2D eigenvalue weighted by Gasteiger charge is -2.23. The minimum atomic E-state index is 0.00676. The first-order chi connectivity index (χ1) is 11.5. The van der Waals surface area contributed by atoms with Crippen molar-refractivity contribution in [1.82, 2.24) is 5.32 Å². The molecule has 1 aromatic carbocycles. The molecule has 1 fully saturated rings. The highest BCUT2D eigenvalue weighted by Crippen LogP contribution is 2.26. The smallest absolute Gasteiger partial charge is 0.253 e. The van der Waals surface area contributed by atoms with E-state index in [4.69, 9.17) is 0 Å². The Kier molecular flexibility index (Phi) is 7.10. The first kappa shape index (κ1) is 18.8. The molecule has 4 nitrogen and oxygen atoms in total. The van der Waals surface area contributed by atoms with Gasteiger partial charge in [-0.05, 0) is 56.6 Å². The van der Waals surface area contributed by atoms with E-state index in [1.165, 1.54) is 12.8 Å². The fourth-order valence-corrected chi connectivity index (χ4v) is 3.55. The molecule has 1 aromatic rings. The van der Waals surface area contributed by atoms with Gasteiger partial charge in [0.15, 0.2) is 0 Å². The van der Waals surface area contributed by atoms with Crippen molar-refractivity contribution < 1.29 is 9.90 Å². The molecule has 0 spiro atoms. The average molecular weight is 332 g/mol. The van der Waals surface area contributed by atoms with Crippen molar-refractivity contribution in [2.24, 2.45) is 11.8 Å². The summed E-state index contributed by atoms with van der Waals surface area (Å²) in [6.45, 7) is 9.25. The quantitative estimate of drug-likeness (QED) is 0.767. The van der Waals surface area contributed by atoms with Gasteiger partial charge in [0.1, 0.15) is 0 Å². The van der Waals surface area contributed by atoms with E-state index in [0.29, 0.717) is 18.4 Å². The van der Waals surface area contributed by atoms with E-state index in [-0.39, 0.29) is 12.5 Å². The predicted molar refractivity (Wildman–Crippen MR) is 99.6 cm³/mol. The van der Waals surface area contributed by atoms with Crippen molar-refractivity contribution in [3.63, 3.8) is 0 Å². The van der Waals surface area contributed by atoms with E-state index >= 15 is 0 Å². The number of anilines is 1. The van der Waals surface area contributed by atoms with Crippen LogP contribution in [0.1, 0.15) is 55.5 Å². The molecule has 1 unspecified atom stereocenters. The molecule has 0 aliphatic carbocycles. The van der Waals surface area contributed by atoms with Gasteiger partial charge in [-0.15, -0.1) is 0 Å². The second kappa shape index (κ2) is 9.07. The van der Waals surface area contributed by atoms with Gasteiger partial charge in [0, 0.05) is 31.9 Å². The van der Waals surface area contributed by atoms with Gasteiger partial charge in [-0.1, -0.05) is 25.5 Å². The van der Waals surface area contributed by atoms with E-state index in [2.05, 4.69) is 36.2 Å². The first-order valence-electron chi connectivity index (χ1n) is 9.26. The Morgan fingerprint density at radius 2 is 2.00 bits per heavy atom. The second-order valence-electron chi connectivity index (χ2n) is 7.43. The molecule has 0 saturated carbocycles. The molecule has 1 atom stereocenters. The predicted octanol–water partition coefficient (Wildman–Crippen LogP) is 3.37. The van der Waals surface area contributed by atoms with Crippen LogP contribution in [0.2, 0.25) is 0 Å². The Labute approximate surface area is 146 Å². The van der Waals surface area contributed by atoms with Crippen LogP contribution in [0.4, 0.5) is 5.69 Å². The number of nitrogens with one attached hydrogen (secondary N) is 1. The summed E-state index contributed by atoms with van der Waals surface area (Å²) in [5.41, 5.74) is 2.94. The fourth-order valence-electron chi connectivity index (χ4n) is 3.55. The van der Waals surface area contributed by atoms with Crippen LogP contribution in [0.5, 0.6) is 0 Å². The summed E-state index contributed by atoms with van der Waals surface area (Å²) < 4.78 is 0. The summed E-state index contributed by atoms with van der Waals surface area (Å²) in [6.07, 6.45) is 4.16. The Hall–Kier alpha value is -1.55. The molecule has 1 heterocycles. The monoisotopic (exact) mass is 332 g/mol. The summed E-state index contributed by atoms with van der Waals surface area (Å²) in [7, 11) is 0. The maximum atomic E-state index is 12.8. The maximum Gasteiger partial charge on any atom is 0.253 e. The van der Waals surface area contributed by atoms with E-state index in [9.17, 15) is 9.90 Å². The summed E-state index contributed by atoms with van der Waals surface area (Å²) in [4.78, 5) is 15.1. The van der Waals surface area contributed by atoms with Gasteiger partial charge in [-0.2, -0.15) is 0 Å². The molecular formula is C20H32N2O2. The second-order valence-corrected chi connectivity index (χ2v) is 7.43. The Balaban J connectivity index is 2.06. The van der Waals surface area contributed by atoms with Crippen molar-refractivity contribution in [2.45, 2.75) is 46.5 Å². The summed E-state index contributed by atoms with van der Waals surface area (Å²) in [6, 6.07) is 6.15. The number of aliphatic hydroxyl groups excluding tert-OH is 1. The zero-order valence-corrected chi connectivity index (χ0v) is 15.3. The van der Waals surface area contributed by atoms with Crippen LogP contribution in [0.15, 0.2) is 18.2 Å². The number of hydrogen-bond donors (Lipinski definition) is 2. The molecule has 1 aliphatic rings.